The molecule has 2 rings (SSSR count). The lowest BCUT2D eigenvalue weighted by Crippen LogP contribution is -2.40. The van der Waals surface area contributed by atoms with E-state index in [0.29, 0.717) is 23.3 Å². The molecule has 1 N–H and O–H groups in total. The van der Waals surface area contributed by atoms with Gasteiger partial charge in [-0.1, -0.05) is 32.0 Å². The monoisotopic (exact) mass is 508 g/mol. The van der Waals surface area contributed by atoms with Gasteiger partial charge < -0.3 is 10.2 Å². The number of sulfonamides is 1. The van der Waals surface area contributed by atoms with Gasteiger partial charge in [0.15, 0.2) is 5.96 Å². The van der Waals surface area contributed by atoms with Crippen molar-refractivity contribution >= 4 is 40.0 Å². The smallest absolute Gasteiger partial charge is 0.242 e. The Balaban J connectivity index is 0.00000364. The second-order valence-electron chi connectivity index (χ2n) is 7.53. The molecule has 1 fully saturated rings. The highest BCUT2D eigenvalue weighted by atomic mass is 127. The largest absolute Gasteiger partial charge is 0.352 e. The molecule has 0 aromatic heterocycles. The molecule has 1 aliphatic heterocycles. The summed E-state index contributed by atoms with van der Waals surface area (Å²) in [5, 5.41) is 3.35. The average Bonchev–Trinajstić information content (AvgIpc) is 3.03. The van der Waals surface area contributed by atoms with Crippen molar-refractivity contribution in [2.75, 3.05) is 34.2 Å². The summed E-state index contributed by atoms with van der Waals surface area (Å²) in [4.78, 5) is 7.01. The normalized spacial score (nSPS) is 18.1. The Morgan fingerprint density at radius 3 is 2.59 bits per heavy atom. The number of halogens is 1. The highest BCUT2D eigenvalue weighted by molar-refractivity contribution is 14.0. The van der Waals surface area contributed by atoms with Crippen LogP contribution < -0.4 is 5.32 Å². The molecular weight excluding hydrogens is 475 g/mol. The van der Waals surface area contributed by atoms with E-state index in [1.165, 1.54) is 17.1 Å². The van der Waals surface area contributed by atoms with E-state index in [4.69, 9.17) is 0 Å². The molecule has 6 nitrogen and oxygen atoms in total. The van der Waals surface area contributed by atoms with Gasteiger partial charge in [0.25, 0.3) is 0 Å². The molecule has 0 saturated carbocycles. The summed E-state index contributed by atoms with van der Waals surface area (Å²) < 4.78 is 26.3. The van der Waals surface area contributed by atoms with Crippen LogP contribution in [-0.4, -0.2) is 57.8 Å². The third-order valence-corrected chi connectivity index (χ3v) is 6.69. The van der Waals surface area contributed by atoms with Gasteiger partial charge in [-0.05, 0) is 36.3 Å². The predicted octanol–water partition coefficient (Wildman–Crippen LogP) is 3.00. The fourth-order valence-corrected chi connectivity index (χ4v) is 4.60. The van der Waals surface area contributed by atoms with Crippen LogP contribution in [0.25, 0.3) is 0 Å². The number of likely N-dealkylation sites (tertiary alicyclic amines) is 1. The van der Waals surface area contributed by atoms with E-state index in [9.17, 15) is 8.42 Å². The molecule has 1 atom stereocenters. The van der Waals surface area contributed by atoms with E-state index in [2.05, 4.69) is 29.1 Å². The van der Waals surface area contributed by atoms with Crippen molar-refractivity contribution in [2.24, 2.45) is 16.8 Å². The van der Waals surface area contributed by atoms with Crippen molar-refractivity contribution in [3.63, 3.8) is 0 Å². The van der Waals surface area contributed by atoms with E-state index < -0.39 is 10.0 Å². The number of aliphatic imine (C=N–C) groups is 1. The van der Waals surface area contributed by atoms with Crippen LogP contribution >= 0.6 is 24.0 Å². The van der Waals surface area contributed by atoms with E-state index in [-0.39, 0.29) is 24.0 Å². The average molecular weight is 508 g/mol. The lowest BCUT2D eigenvalue weighted by molar-refractivity contribution is 0.403. The molecule has 1 heterocycles. The molecule has 27 heavy (non-hydrogen) atoms. The number of hydrogen-bond donors (Lipinski definition) is 1. The first kappa shape index (κ1) is 24.2. The quantitative estimate of drug-likeness (QED) is 0.365. The number of hydrogen-bond acceptors (Lipinski definition) is 3. The van der Waals surface area contributed by atoms with E-state index in [1.54, 1.807) is 33.3 Å². The molecule has 1 saturated heterocycles. The summed E-state index contributed by atoms with van der Waals surface area (Å²) in [6.07, 6.45) is 2.42. The maximum absolute atomic E-state index is 12.5. The highest BCUT2D eigenvalue weighted by Gasteiger charge is 2.26. The van der Waals surface area contributed by atoms with E-state index >= 15 is 0 Å². The van der Waals surface area contributed by atoms with Gasteiger partial charge in [0, 0.05) is 40.8 Å². The highest BCUT2D eigenvalue weighted by Crippen LogP contribution is 2.23. The van der Waals surface area contributed by atoms with Crippen molar-refractivity contribution in [1.29, 1.82) is 0 Å². The summed E-state index contributed by atoms with van der Waals surface area (Å²) in [6.45, 7) is 6.96. The molecule has 154 valence electrons. The third kappa shape index (κ3) is 6.32. The Bertz CT molecular complexity index is 735. The maximum Gasteiger partial charge on any atom is 0.242 e. The lowest BCUT2D eigenvalue weighted by atomic mass is 9.97. The van der Waals surface area contributed by atoms with Crippen LogP contribution in [0, 0.1) is 11.8 Å². The van der Waals surface area contributed by atoms with Crippen molar-refractivity contribution < 1.29 is 8.42 Å². The second-order valence-corrected chi connectivity index (χ2v) is 9.65. The Kier molecular flexibility index (Phi) is 9.50. The first-order valence-electron chi connectivity index (χ1n) is 9.21. The summed E-state index contributed by atoms with van der Waals surface area (Å²) in [5.41, 5.74) is 0.750. The van der Waals surface area contributed by atoms with Gasteiger partial charge in [0.1, 0.15) is 0 Å². The van der Waals surface area contributed by atoms with Gasteiger partial charge in [0.05, 0.1) is 4.90 Å². The number of benzene rings is 1. The number of nitrogens with zero attached hydrogens (tertiary/aromatic N) is 3. The zero-order chi connectivity index (χ0) is 19.3. The van der Waals surface area contributed by atoms with Crippen molar-refractivity contribution in [3.05, 3.63) is 29.8 Å². The third-order valence-electron chi connectivity index (χ3n) is 4.77. The minimum absolute atomic E-state index is 0. The Morgan fingerprint density at radius 1 is 1.33 bits per heavy atom. The molecule has 0 radical (unpaired) electrons. The van der Waals surface area contributed by atoms with Crippen LogP contribution in [0.2, 0.25) is 0 Å². The van der Waals surface area contributed by atoms with Crippen LogP contribution in [0.4, 0.5) is 0 Å². The van der Waals surface area contributed by atoms with Crippen LogP contribution in [-0.2, 0) is 16.6 Å². The number of rotatable bonds is 6. The molecule has 0 aliphatic carbocycles. The summed E-state index contributed by atoms with van der Waals surface area (Å²) in [5.74, 6) is 2.25. The lowest BCUT2D eigenvalue weighted by Gasteiger charge is -2.23. The first-order chi connectivity index (χ1) is 12.3. The molecular formula is C19H33IN4O2S. The van der Waals surface area contributed by atoms with Gasteiger partial charge in [-0.15, -0.1) is 24.0 Å². The Hall–Kier alpha value is -0.870. The van der Waals surface area contributed by atoms with Crippen LogP contribution in [0.3, 0.4) is 0 Å². The topological polar surface area (TPSA) is 65.0 Å². The zero-order valence-corrected chi connectivity index (χ0v) is 20.1. The van der Waals surface area contributed by atoms with Gasteiger partial charge >= 0.3 is 0 Å². The molecule has 0 amide bonds. The number of guanidine groups is 1. The molecule has 0 spiro atoms. The standard InChI is InChI=1S/C19H32N4O2S.HI/c1-15(2)12-16-10-11-23(14-16)19(20-3)21-13-17-8-6-7-9-18(17)26(24,25)22(4)5;/h6-9,15-16H,10-14H2,1-5H3,(H,20,21);1H. The maximum atomic E-state index is 12.5. The van der Waals surface area contributed by atoms with Gasteiger partial charge in [-0.2, -0.15) is 0 Å². The van der Waals surface area contributed by atoms with Gasteiger partial charge in [0.2, 0.25) is 10.0 Å². The number of nitrogens with one attached hydrogen (secondary N) is 1. The van der Waals surface area contributed by atoms with E-state index in [0.717, 1.165) is 24.6 Å². The summed E-state index contributed by atoms with van der Waals surface area (Å²) in [7, 11) is 1.42. The summed E-state index contributed by atoms with van der Waals surface area (Å²) in [6, 6.07) is 7.13. The Morgan fingerprint density at radius 2 is 2.00 bits per heavy atom. The minimum Gasteiger partial charge on any atom is -0.352 e. The molecule has 0 bridgehead atoms. The van der Waals surface area contributed by atoms with Crippen LogP contribution in [0.5, 0.6) is 0 Å². The molecule has 1 aromatic carbocycles. The SMILES string of the molecule is CN=C(NCc1ccccc1S(=O)(=O)N(C)C)N1CCC(CC(C)C)C1.I. The van der Waals surface area contributed by atoms with Gasteiger partial charge in [-0.3, -0.25) is 4.99 Å². The molecule has 1 unspecified atom stereocenters. The van der Waals surface area contributed by atoms with Crippen molar-refractivity contribution in [3.8, 4) is 0 Å². The Labute approximate surface area is 181 Å². The predicted molar refractivity (Wildman–Crippen MR) is 122 cm³/mol. The van der Waals surface area contributed by atoms with E-state index in [1.807, 2.05) is 12.1 Å². The zero-order valence-electron chi connectivity index (χ0n) is 17.0. The fraction of sp³-hybridized carbons (Fsp3) is 0.632. The minimum atomic E-state index is -3.46. The molecule has 1 aromatic rings. The van der Waals surface area contributed by atoms with Crippen LogP contribution in [0.15, 0.2) is 34.2 Å². The van der Waals surface area contributed by atoms with Crippen molar-refractivity contribution in [1.82, 2.24) is 14.5 Å². The summed E-state index contributed by atoms with van der Waals surface area (Å²) >= 11 is 0. The fourth-order valence-electron chi connectivity index (χ4n) is 3.49. The second kappa shape index (κ2) is 10.6. The first-order valence-corrected chi connectivity index (χ1v) is 10.7. The van der Waals surface area contributed by atoms with Crippen LogP contribution in [0.1, 0.15) is 32.3 Å². The molecule has 1 aliphatic rings. The van der Waals surface area contributed by atoms with Crippen molar-refractivity contribution in [2.45, 2.75) is 38.1 Å². The molecule has 8 heteroatoms. The van der Waals surface area contributed by atoms with Gasteiger partial charge in [-0.25, -0.2) is 12.7 Å².